The Morgan fingerprint density at radius 2 is 1.89 bits per heavy atom. The molecular formula is C20H25N3O3S. The smallest absolute Gasteiger partial charge is 0.258 e. The summed E-state index contributed by atoms with van der Waals surface area (Å²) in [5.74, 6) is 0.910. The van der Waals surface area contributed by atoms with Crippen LogP contribution in [0.3, 0.4) is 0 Å². The maximum Gasteiger partial charge on any atom is 0.258 e. The quantitative estimate of drug-likeness (QED) is 0.762. The largest absolute Gasteiger partial charge is 0.353 e. The molecule has 1 aromatic carbocycles. The van der Waals surface area contributed by atoms with Gasteiger partial charge >= 0.3 is 0 Å². The van der Waals surface area contributed by atoms with Gasteiger partial charge in [0.25, 0.3) is 5.91 Å². The van der Waals surface area contributed by atoms with E-state index in [4.69, 9.17) is 0 Å². The maximum absolute atomic E-state index is 13.0. The van der Waals surface area contributed by atoms with Gasteiger partial charge in [-0.05, 0) is 44.5 Å². The normalized spacial score (nSPS) is 18.2. The standard InChI is InChI=1S/C20H25N3O3S/c1-3-22(18-11-13-27(25,26)15-18)19-14-16(10-12-21-19)20(24)23(4-2)17-8-6-5-7-9-17/h5-10,12,14,18H,3-4,11,13,15H2,1-2H3. The van der Waals surface area contributed by atoms with Crippen LogP contribution in [-0.2, 0) is 9.84 Å². The van der Waals surface area contributed by atoms with Crippen LogP contribution in [0.4, 0.5) is 11.5 Å². The first kappa shape index (κ1) is 19.4. The number of hydrogen-bond donors (Lipinski definition) is 0. The van der Waals surface area contributed by atoms with Crippen molar-refractivity contribution in [2.45, 2.75) is 26.3 Å². The van der Waals surface area contributed by atoms with Gasteiger partial charge in [0.05, 0.1) is 11.5 Å². The van der Waals surface area contributed by atoms with Crippen molar-refractivity contribution in [3.8, 4) is 0 Å². The molecule has 144 valence electrons. The summed E-state index contributed by atoms with van der Waals surface area (Å²) < 4.78 is 23.7. The monoisotopic (exact) mass is 387 g/mol. The minimum atomic E-state index is -2.98. The third-order valence-electron chi connectivity index (χ3n) is 4.91. The van der Waals surface area contributed by atoms with Gasteiger partial charge in [-0.15, -0.1) is 0 Å². The number of rotatable bonds is 6. The van der Waals surface area contributed by atoms with Gasteiger partial charge in [0.2, 0.25) is 0 Å². The lowest BCUT2D eigenvalue weighted by molar-refractivity contribution is 0.0988. The predicted molar refractivity (Wildman–Crippen MR) is 108 cm³/mol. The van der Waals surface area contributed by atoms with Gasteiger partial charge in [-0.25, -0.2) is 13.4 Å². The fourth-order valence-corrected chi connectivity index (χ4v) is 5.27. The summed E-state index contributed by atoms with van der Waals surface area (Å²) in [7, 11) is -2.98. The van der Waals surface area contributed by atoms with Crippen LogP contribution in [0, 0.1) is 0 Å². The van der Waals surface area contributed by atoms with E-state index in [1.807, 2.05) is 49.1 Å². The van der Waals surface area contributed by atoms with Crippen LogP contribution < -0.4 is 9.80 Å². The van der Waals surface area contributed by atoms with Gasteiger partial charge in [0.1, 0.15) is 5.82 Å². The maximum atomic E-state index is 13.0. The minimum Gasteiger partial charge on any atom is -0.353 e. The molecule has 0 bridgehead atoms. The summed E-state index contributed by atoms with van der Waals surface area (Å²) in [5, 5.41) is 0. The van der Waals surface area contributed by atoms with Crippen molar-refractivity contribution < 1.29 is 13.2 Å². The van der Waals surface area contributed by atoms with Crippen molar-refractivity contribution >= 4 is 27.2 Å². The molecule has 1 saturated heterocycles. The van der Waals surface area contributed by atoms with E-state index < -0.39 is 9.84 Å². The van der Waals surface area contributed by atoms with E-state index in [2.05, 4.69) is 4.98 Å². The zero-order valence-corrected chi connectivity index (χ0v) is 16.5. The fourth-order valence-electron chi connectivity index (χ4n) is 3.54. The molecule has 6 nitrogen and oxygen atoms in total. The highest BCUT2D eigenvalue weighted by Crippen LogP contribution is 2.24. The van der Waals surface area contributed by atoms with Crippen LogP contribution in [0.5, 0.6) is 0 Å². The highest BCUT2D eigenvalue weighted by atomic mass is 32.2. The second kappa shape index (κ2) is 8.08. The van der Waals surface area contributed by atoms with Crippen LogP contribution in [0.1, 0.15) is 30.6 Å². The number of carbonyl (C=O) groups is 1. The molecule has 1 unspecified atom stereocenters. The summed E-state index contributed by atoms with van der Waals surface area (Å²) in [6.07, 6.45) is 2.22. The summed E-state index contributed by atoms with van der Waals surface area (Å²) in [6.45, 7) is 5.11. The first-order valence-electron chi connectivity index (χ1n) is 9.25. The lowest BCUT2D eigenvalue weighted by Gasteiger charge is -2.28. The average molecular weight is 388 g/mol. The molecule has 0 N–H and O–H groups in total. The van der Waals surface area contributed by atoms with Gasteiger partial charge in [-0.1, -0.05) is 18.2 Å². The Labute approximate surface area is 160 Å². The molecule has 1 amide bonds. The van der Waals surface area contributed by atoms with E-state index in [1.54, 1.807) is 23.2 Å². The van der Waals surface area contributed by atoms with Crippen LogP contribution >= 0.6 is 0 Å². The molecule has 1 aromatic heterocycles. The number of carbonyl (C=O) groups excluding carboxylic acids is 1. The van der Waals surface area contributed by atoms with Gasteiger partial charge in [-0.3, -0.25) is 4.79 Å². The molecule has 0 saturated carbocycles. The summed E-state index contributed by atoms with van der Waals surface area (Å²) >= 11 is 0. The molecule has 2 heterocycles. The van der Waals surface area contributed by atoms with E-state index in [0.717, 1.165) is 5.69 Å². The number of amides is 1. The third kappa shape index (κ3) is 4.30. The Kier molecular flexibility index (Phi) is 5.79. The van der Waals surface area contributed by atoms with Gasteiger partial charge in [0, 0.05) is 36.6 Å². The summed E-state index contributed by atoms with van der Waals surface area (Å²) in [4.78, 5) is 21.2. The Morgan fingerprint density at radius 3 is 2.48 bits per heavy atom. The zero-order chi connectivity index (χ0) is 19.4. The molecule has 3 rings (SSSR count). The Morgan fingerprint density at radius 1 is 1.15 bits per heavy atom. The van der Waals surface area contributed by atoms with Crippen molar-refractivity contribution in [3.05, 3.63) is 54.2 Å². The lowest BCUT2D eigenvalue weighted by atomic mass is 10.1. The lowest BCUT2D eigenvalue weighted by Crippen LogP contribution is -2.37. The molecule has 2 aromatic rings. The molecule has 1 atom stereocenters. The molecule has 0 spiro atoms. The predicted octanol–water partition coefficient (Wildman–Crippen LogP) is 2.76. The van der Waals surface area contributed by atoms with E-state index in [9.17, 15) is 13.2 Å². The van der Waals surface area contributed by atoms with Gasteiger partial charge in [0.15, 0.2) is 9.84 Å². The van der Waals surface area contributed by atoms with E-state index in [-0.39, 0.29) is 23.5 Å². The topological polar surface area (TPSA) is 70.6 Å². The first-order chi connectivity index (χ1) is 12.9. The van der Waals surface area contributed by atoms with Crippen molar-refractivity contribution in [3.63, 3.8) is 0 Å². The van der Waals surface area contributed by atoms with Crippen molar-refractivity contribution in [1.82, 2.24) is 4.98 Å². The molecule has 1 aliphatic heterocycles. The molecule has 1 aliphatic rings. The number of benzene rings is 1. The number of sulfone groups is 1. The summed E-state index contributed by atoms with van der Waals surface area (Å²) in [5.41, 5.74) is 1.39. The van der Waals surface area contributed by atoms with Crippen LogP contribution in [0.25, 0.3) is 0 Å². The highest BCUT2D eigenvalue weighted by Gasteiger charge is 2.32. The molecule has 0 aliphatic carbocycles. The van der Waals surface area contributed by atoms with Crippen LogP contribution in [0.15, 0.2) is 48.7 Å². The molecule has 0 radical (unpaired) electrons. The highest BCUT2D eigenvalue weighted by molar-refractivity contribution is 7.91. The van der Waals surface area contributed by atoms with Gasteiger partial charge < -0.3 is 9.80 Å². The molecular weight excluding hydrogens is 362 g/mol. The number of hydrogen-bond acceptors (Lipinski definition) is 5. The van der Waals surface area contributed by atoms with E-state index in [0.29, 0.717) is 30.9 Å². The minimum absolute atomic E-state index is 0.0887. The molecule has 7 heteroatoms. The molecule has 27 heavy (non-hydrogen) atoms. The zero-order valence-electron chi connectivity index (χ0n) is 15.7. The first-order valence-corrected chi connectivity index (χ1v) is 11.1. The second-order valence-corrected chi connectivity index (χ2v) is 8.86. The fraction of sp³-hybridized carbons (Fsp3) is 0.400. The van der Waals surface area contributed by atoms with Crippen molar-refractivity contribution in [2.24, 2.45) is 0 Å². The van der Waals surface area contributed by atoms with Gasteiger partial charge in [-0.2, -0.15) is 0 Å². The number of anilines is 2. The second-order valence-electron chi connectivity index (χ2n) is 6.63. The Balaban J connectivity index is 1.87. The van der Waals surface area contributed by atoms with Crippen LogP contribution in [0.2, 0.25) is 0 Å². The number of aromatic nitrogens is 1. The average Bonchev–Trinajstić information content (AvgIpc) is 3.03. The number of para-hydroxylation sites is 1. The molecule has 1 fully saturated rings. The van der Waals surface area contributed by atoms with E-state index in [1.165, 1.54) is 0 Å². The third-order valence-corrected chi connectivity index (χ3v) is 6.66. The number of nitrogens with zero attached hydrogens (tertiary/aromatic N) is 3. The van der Waals surface area contributed by atoms with Crippen LogP contribution in [-0.4, -0.2) is 49.9 Å². The van der Waals surface area contributed by atoms with Crippen molar-refractivity contribution in [2.75, 3.05) is 34.4 Å². The Hall–Kier alpha value is -2.41. The summed E-state index contributed by atoms with van der Waals surface area (Å²) in [6, 6.07) is 12.9. The Bertz CT molecular complexity index is 900. The van der Waals surface area contributed by atoms with Crippen molar-refractivity contribution in [1.29, 1.82) is 0 Å². The number of pyridine rings is 1. The SMILES string of the molecule is CCN(C(=O)c1ccnc(N(CC)C2CCS(=O)(=O)C2)c1)c1ccccc1. The van der Waals surface area contributed by atoms with E-state index >= 15 is 0 Å².